The van der Waals surface area contributed by atoms with Gasteiger partial charge < -0.3 is 9.84 Å². The number of carbonyl (C=O) groups is 2. The third kappa shape index (κ3) is 7.31. The molecular formula is C16H26O4. The van der Waals surface area contributed by atoms with E-state index in [4.69, 9.17) is 9.84 Å². The normalized spacial score (nSPS) is 22.9. The first-order valence-electron chi connectivity index (χ1n) is 7.69. The van der Waals surface area contributed by atoms with Crippen LogP contribution in [0.2, 0.25) is 0 Å². The molecule has 0 aliphatic heterocycles. The van der Waals surface area contributed by atoms with E-state index in [0.29, 0.717) is 6.61 Å². The van der Waals surface area contributed by atoms with Crippen LogP contribution in [0.5, 0.6) is 0 Å². The van der Waals surface area contributed by atoms with Gasteiger partial charge in [0, 0.05) is 12.2 Å². The topological polar surface area (TPSA) is 63.6 Å². The molecule has 1 fully saturated rings. The Hall–Kier alpha value is -1.32. The van der Waals surface area contributed by atoms with Gasteiger partial charge in [-0.2, -0.15) is 0 Å². The number of carboxylic acid groups (broad SMARTS) is 1. The minimum Gasteiger partial charge on any atom is -0.478 e. The Balaban J connectivity index is 2.00. The Morgan fingerprint density at radius 2 is 1.75 bits per heavy atom. The Bertz CT molecular complexity index is 327. The van der Waals surface area contributed by atoms with Crippen LogP contribution in [0, 0.1) is 11.8 Å². The number of carbonyl (C=O) groups excluding carboxylic acids is 1. The molecule has 4 heteroatoms. The van der Waals surface area contributed by atoms with E-state index in [9.17, 15) is 9.59 Å². The summed E-state index contributed by atoms with van der Waals surface area (Å²) in [5.41, 5.74) is 0. The number of hydrogen-bond acceptors (Lipinski definition) is 3. The maximum absolute atomic E-state index is 11.1. The molecule has 114 valence electrons. The van der Waals surface area contributed by atoms with Gasteiger partial charge in [-0.3, -0.25) is 0 Å². The van der Waals surface area contributed by atoms with Crippen molar-refractivity contribution in [3.63, 3.8) is 0 Å². The molecule has 0 amide bonds. The second-order valence-electron chi connectivity index (χ2n) is 5.63. The van der Waals surface area contributed by atoms with E-state index in [1.54, 1.807) is 0 Å². The van der Waals surface area contributed by atoms with Crippen LogP contribution in [0.4, 0.5) is 0 Å². The lowest BCUT2D eigenvalue weighted by atomic mass is 9.79. The molecule has 1 aliphatic carbocycles. The zero-order valence-electron chi connectivity index (χ0n) is 12.3. The largest absolute Gasteiger partial charge is 0.478 e. The highest BCUT2D eigenvalue weighted by molar-refractivity contribution is 5.90. The van der Waals surface area contributed by atoms with Gasteiger partial charge in [0.05, 0.1) is 6.61 Å². The van der Waals surface area contributed by atoms with Gasteiger partial charge in [0.1, 0.15) is 0 Å². The van der Waals surface area contributed by atoms with Gasteiger partial charge in [0.25, 0.3) is 0 Å². The van der Waals surface area contributed by atoms with Crippen molar-refractivity contribution in [3.05, 3.63) is 12.2 Å². The van der Waals surface area contributed by atoms with Crippen LogP contribution >= 0.6 is 0 Å². The second kappa shape index (κ2) is 9.56. The Morgan fingerprint density at radius 1 is 1.10 bits per heavy atom. The lowest BCUT2D eigenvalue weighted by molar-refractivity contribution is -0.138. The monoisotopic (exact) mass is 282 g/mol. The fraction of sp³-hybridized carbons (Fsp3) is 0.750. The van der Waals surface area contributed by atoms with E-state index in [0.717, 1.165) is 36.8 Å². The molecule has 0 atom stereocenters. The molecule has 1 N–H and O–H groups in total. The van der Waals surface area contributed by atoms with Crippen molar-refractivity contribution in [3.8, 4) is 0 Å². The summed E-state index contributed by atoms with van der Waals surface area (Å²) < 4.78 is 4.93. The summed E-state index contributed by atoms with van der Waals surface area (Å²) in [6.07, 6.45) is 11.7. The van der Waals surface area contributed by atoms with E-state index in [1.807, 2.05) is 0 Å². The van der Waals surface area contributed by atoms with Gasteiger partial charge in [0.15, 0.2) is 0 Å². The maximum Gasteiger partial charge on any atom is 0.331 e. The number of carboxylic acids is 1. The van der Waals surface area contributed by atoms with Crippen molar-refractivity contribution in [2.24, 2.45) is 11.8 Å². The number of hydrogen-bond donors (Lipinski definition) is 1. The van der Waals surface area contributed by atoms with Gasteiger partial charge in [-0.1, -0.05) is 45.4 Å². The van der Waals surface area contributed by atoms with Gasteiger partial charge >= 0.3 is 11.9 Å². The van der Waals surface area contributed by atoms with Crippen LogP contribution in [-0.2, 0) is 14.3 Å². The van der Waals surface area contributed by atoms with E-state index in [2.05, 4.69) is 6.92 Å². The standard InChI is InChI=1S/C16H26O4/c1-2-13-6-8-14(9-7-13)5-3-4-12-20-16(19)11-10-15(17)18/h10-11,13-14H,2-9,12H2,1H3,(H,17,18)/b11-10+. The van der Waals surface area contributed by atoms with E-state index >= 15 is 0 Å². The van der Waals surface area contributed by atoms with Gasteiger partial charge in [-0.25, -0.2) is 9.59 Å². The predicted octanol–water partition coefficient (Wildman–Crippen LogP) is 3.56. The molecule has 0 heterocycles. The maximum atomic E-state index is 11.1. The lowest BCUT2D eigenvalue weighted by Gasteiger charge is -2.27. The molecule has 0 saturated heterocycles. The van der Waals surface area contributed by atoms with Crippen LogP contribution in [-0.4, -0.2) is 23.7 Å². The van der Waals surface area contributed by atoms with Gasteiger partial charge in [-0.15, -0.1) is 0 Å². The summed E-state index contributed by atoms with van der Waals surface area (Å²) in [5.74, 6) is 0.0779. The summed E-state index contributed by atoms with van der Waals surface area (Å²) in [5, 5.41) is 8.36. The third-order valence-corrected chi connectivity index (χ3v) is 4.16. The summed E-state index contributed by atoms with van der Waals surface area (Å²) in [6, 6.07) is 0. The van der Waals surface area contributed by atoms with Crippen molar-refractivity contribution in [2.45, 2.75) is 58.3 Å². The third-order valence-electron chi connectivity index (χ3n) is 4.16. The van der Waals surface area contributed by atoms with E-state index in [-0.39, 0.29) is 0 Å². The quantitative estimate of drug-likeness (QED) is 0.420. The zero-order chi connectivity index (χ0) is 14.8. The first-order valence-corrected chi connectivity index (χ1v) is 7.69. The number of rotatable bonds is 8. The molecule has 1 rings (SSSR count). The van der Waals surface area contributed by atoms with Crippen molar-refractivity contribution >= 4 is 11.9 Å². The average molecular weight is 282 g/mol. The minimum absolute atomic E-state index is 0.382. The molecule has 20 heavy (non-hydrogen) atoms. The molecule has 0 radical (unpaired) electrons. The van der Waals surface area contributed by atoms with Crippen molar-refractivity contribution in [2.75, 3.05) is 6.61 Å². The Morgan fingerprint density at radius 3 is 2.35 bits per heavy atom. The minimum atomic E-state index is -1.13. The van der Waals surface area contributed by atoms with Crippen molar-refractivity contribution in [1.29, 1.82) is 0 Å². The van der Waals surface area contributed by atoms with Gasteiger partial charge in [0.2, 0.25) is 0 Å². The van der Waals surface area contributed by atoms with Crippen LogP contribution in [0.15, 0.2) is 12.2 Å². The summed E-state index contributed by atoms with van der Waals surface area (Å²) in [4.78, 5) is 21.3. The highest BCUT2D eigenvalue weighted by Gasteiger charge is 2.19. The Kier molecular flexibility index (Phi) is 8.00. The first-order chi connectivity index (χ1) is 9.61. The van der Waals surface area contributed by atoms with Crippen LogP contribution in [0.3, 0.4) is 0 Å². The van der Waals surface area contributed by atoms with Crippen molar-refractivity contribution in [1.82, 2.24) is 0 Å². The molecular weight excluding hydrogens is 256 g/mol. The summed E-state index contributed by atoms with van der Waals surface area (Å²) in [6.45, 7) is 2.66. The highest BCUT2D eigenvalue weighted by Crippen LogP contribution is 2.33. The Labute approximate surface area is 121 Å². The smallest absolute Gasteiger partial charge is 0.331 e. The van der Waals surface area contributed by atoms with Crippen LogP contribution in [0.1, 0.15) is 58.3 Å². The molecule has 0 aromatic rings. The summed E-state index contributed by atoms with van der Waals surface area (Å²) in [7, 11) is 0. The lowest BCUT2D eigenvalue weighted by Crippen LogP contribution is -2.14. The number of aliphatic carboxylic acids is 1. The van der Waals surface area contributed by atoms with E-state index in [1.165, 1.54) is 38.5 Å². The van der Waals surface area contributed by atoms with Crippen molar-refractivity contribution < 1.29 is 19.4 Å². The summed E-state index contributed by atoms with van der Waals surface area (Å²) >= 11 is 0. The number of unbranched alkanes of at least 4 members (excludes halogenated alkanes) is 1. The molecule has 0 bridgehead atoms. The number of esters is 1. The average Bonchev–Trinajstić information content (AvgIpc) is 2.45. The van der Waals surface area contributed by atoms with Gasteiger partial charge in [-0.05, 0) is 24.7 Å². The molecule has 1 aliphatic rings. The fourth-order valence-electron chi connectivity index (χ4n) is 2.82. The first kappa shape index (κ1) is 16.7. The molecule has 0 unspecified atom stereocenters. The predicted molar refractivity (Wildman–Crippen MR) is 77.3 cm³/mol. The second-order valence-corrected chi connectivity index (χ2v) is 5.63. The molecule has 4 nitrogen and oxygen atoms in total. The van der Waals surface area contributed by atoms with E-state index < -0.39 is 11.9 Å². The number of ether oxygens (including phenoxy) is 1. The zero-order valence-corrected chi connectivity index (χ0v) is 12.3. The fourth-order valence-corrected chi connectivity index (χ4v) is 2.82. The molecule has 0 aromatic heterocycles. The molecule has 0 aromatic carbocycles. The highest BCUT2D eigenvalue weighted by atomic mass is 16.5. The van der Waals surface area contributed by atoms with Crippen LogP contribution in [0.25, 0.3) is 0 Å². The van der Waals surface area contributed by atoms with Crippen LogP contribution < -0.4 is 0 Å². The molecule has 1 saturated carbocycles. The molecule has 0 spiro atoms. The SMILES string of the molecule is CCC1CCC(CCCCOC(=O)/C=C/C(=O)O)CC1.